The second kappa shape index (κ2) is 10.2. The van der Waals surface area contributed by atoms with Gasteiger partial charge in [0, 0.05) is 12.2 Å². The number of ether oxygens (including phenoxy) is 1. The van der Waals surface area contributed by atoms with E-state index in [1.807, 2.05) is 45.0 Å². The van der Waals surface area contributed by atoms with Crippen LogP contribution in [0.25, 0.3) is 0 Å². The summed E-state index contributed by atoms with van der Waals surface area (Å²) < 4.78 is 5.35. The van der Waals surface area contributed by atoms with Gasteiger partial charge in [-0.15, -0.1) is 0 Å². The van der Waals surface area contributed by atoms with Crippen molar-refractivity contribution in [2.75, 3.05) is 17.6 Å². The Balaban J connectivity index is 1.70. The highest BCUT2D eigenvalue weighted by atomic mass is 16.6. The topological polar surface area (TPSA) is 115 Å². The number of nitrogens with one attached hydrogen (secondary N) is 1. The summed E-state index contributed by atoms with van der Waals surface area (Å²) in [5.74, 6) is -1.36. The summed E-state index contributed by atoms with van der Waals surface area (Å²) in [6, 6.07) is 8.96. The van der Waals surface area contributed by atoms with Gasteiger partial charge in [-0.3, -0.25) is 19.4 Å². The SMILES string of the molecule is Cc1cc(NC(=O)C(=O)N2C[C@H](C)CC[C@H]2c2ccc(N)cc2)cnc1CC(=O)OC(C)(C)C. The fourth-order valence-corrected chi connectivity index (χ4v) is 4.13. The van der Waals surface area contributed by atoms with Gasteiger partial charge in [0.1, 0.15) is 5.60 Å². The van der Waals surface area contributed by atoms with Gasteiger partial charge in [0.2, 0.25) is 0 Å². The Kier molecular flexibility index (Phi) is 7.59. The lowest BCUT2D eigenvalue weighted by atomic mass is 9.89. The fourth-order valence-electron chi connectivity index (χ4n) is 4.13. The molecule has 0 radical (unpaired) electrons. The molecule has 1 fully saturated rings. The van der Waals surface area contributed by atoms with Crippen molar-refractivity contribution in [3.8, 4) is 0 Å². The predicted molar refractivity (Wildman–Crippen MR) is 131 cm³/mol. The van der Waals surface area contributed by atoms with Crippen LogP contribution in [0.3, 0.4) is 0 Å². The summed E-state index contributed by atoms with van der Waals surface area (Å²) >= 11 is 0. The molecule has 0 saturated carbocycles. The van der Waals surface area contributed by atoms with E-state index in [0.717, 1.165) is 24.0 Å². The van der Waals surface area contributed by atoms with Crippen LogP contribution in [0.15, 0.2) is 36.5 Å². The van der Waals surface area contributed by atoms with Crippen molar-refractivity contribution in [1.29, 1.82) is 0 Å². The van der Waals surface area contributed by atoms with Gasteiger partial charge in [0.25, 0.3) is 0 Å². The number of carbonyl (C=O) groups is 3. The summed E-state index contributed by atoms with van der Waals surface area (Å²) in [7, 11) is 0. The number of piperidine rings is 1. The lowest BCUT2D eigenvalue weighted by Crippen LogP contribution is -2.46. The number of aromatic nitrogens is 1. The lowest BCUT2D eigenvalue weighted by molar-refractivity contribution is -0.154. The molecule has 1 aliphatic rings. The van der Waals surface area contributed by atoms with Crippen LogP contribution in [0.5, 0.6) is 0 Å². The summed E-state index contributed by atoms with van der Waals surface area (Å²) in [4.78, 5) is 44.1. The molecule has 3 N–H and O–H groups in total. The number of likely N-dealkylation sites (tertiary alicyclic amines) is 1. The first-order valence-electron chi connectivity index (χ1n) is 11.6. The molecule has 2 amide bonds. The van der Waals surface area contributed by atoms with E-state index in [-0.39, 0.29) is 18.4 Å². The molecule has 0 spiro atoms. The maximum Gasteiger partial charge on any atom is 0.313 e. The van der Waals surface area contributed by atoms with Gasteiger partial charge < -0.3 is 20.7 Å². The van der Waals surface area contributed by atoms with Crippen molar-refractivity contribution in [2.24, 2.45) is 5.92 Å². The number of hydrogen-bond donors (Lipinski definition) is 2. The van der Waals surface area contributed by atoms with Crippen LogP contribution in [0.2, 0.25) is 0 Å². The van der Waals surface area contributed by atoms with Gasteiger partial charge in [0.05, 0.1) is 30.0 Å². The number of aryl methyl sites for hydroxylation is 1. The third kappa shape index (κ3) is 6.56. The van der Waals surface area contributed by atoms with Crippen molar-refractivity contribution >= 4 is 29.2 Å². The van der Waals surface area contributed by atoms with Crippen LogP contribution in [-0.4, -0.2) is 39.8 Å². The van der Waals surface area contributed by atoms with E-state index in [4.69, 9.17) is 10.5 Å². The molecule has 2 aromatic rings. The molecule has 0 aliphatic carbocycles. The molecular formula is C26H34N4O4. The number of nitrogen functional groups attached to an aromatic ring is 1. The maximum atomic E-state index is 13.1. The number of amides is 2. The van der Waals surface area contributed by atoms with Crippen LogP contribution in [-0.2, 0) is 25.5 Å². The minimum absolute atomic E-state index is 0.0329. The summed E-state index contributed by atoms with van der Waals surface area (Å²) in [6.45, 7) is 9.81. The molecule has 1 aromatic carbocycles. The molecule has 182 valence electrons. The van der Waals surface area contributed by atoms with Crippen LogP contribution < -0.4 is 11.1 Å². The Morgan fingerprint density at radius 1 is 1.18 bits per heavy atom. The van der Waals surface area contributed by atoms with E-state index >= 15 is 0 Å². The van der Waals surface area contributed by atoms with E-state index in [1.165, 1.54) is 6.20 Å². The Bertz CT molecular complexity index is 1060. The van der Waals surface area contributed by atoms with Crippen molar-refractivity contribution in [2.45, 2.75) is 65.5 Å². The quantitative estimate of drug-likeness (QED) is 0.402. The molecule has 8 heteroatoms. The number of hydrogen-bond acceptors (Lipinski definition) is 6. The third-order valence-electron chi connectivity index (χ3n) is 5.77. The Hall–Kier alpha value is -3.42. The number of esters is 1. The molecule has 3 rings (SSSR count). The van der Waals surface area contributed by atoms with E-state index in [2.05, 4.69) is 17.2 Å². The molecule has 0 unspecified atom stereocenters. The Morgan fingerprint density at radius 2 is 1.85 bits per heavy atom. The highest BCUT2D eigenvalue weighted by molar-refractivity contribution is 6.39. The standard InChI is InChI=1S/C26H34N4O4/c1-16-6-11-22(18-7-9-19(27)10-8-18)30(15-16)25(33)24(32)29-20-12-17(2)21(28-14-20)13-23(31)34-26(3,4)5/h7-10,12,14,16,22H,6,11,13,15,27H2,1-5H3,(H,29,32)/t16-,22+/m1/s1. The smallest absolute Gasteiger partial charge is 0.313 e. The summed E-state index contributed by atoms with van der Waals surface area (Å²) in [5.41, 5.74) is 8.54. The second-order valence-electron chi connectivity index (χ2n) is 10.0. The van der Waals surface area contributed by atoms with E-state index in [9.17, 15) is 14.4 Å². The fraction of sp³-hybridized carbons (Fsp3) is 0.462. The van der Waals surface area contributed by atoms with Gasteiger partial charge in [-0.2, -0.15) is 0 Å². The number of carbonyl (C=O) groups excluding carboxylic acids is 3. The largest absolute Gasteiger partial charge is 0.460 e. The molecule has 8 nitrogen and oxygen atoms in total. The average molecular weight is 467 g/mol. The number of pyridine rings is 1. The molecule has 2 heterocycles. The van der Waals surface area contributed by atoms with Crippen molar-refractivity contribution in [3.05, 3.63) is 53.3 Å². The maximum absolute atomic E-state index is 13.1. The first-order valence-corrected chi connectivity index (χ1v) is 11.6. The zero-order valence-electron chi connectivity index (χ0n) is 20.6. The predicted octanol–water partition coefficient (Wildman–Crippen LogP) is 3.79. The summed E-state index contributed by atoms with van der Waals surface area (Å²) in [6.07, 6.45) is 3.24. The van der Waals surface area contributed by atoms with E-state index in [0.29, 0.717) is 29.5 Å². The van der Waals surface area contributed by atoms with Crippen LogP contribution in [0.4, 0.5) is 11.4 Å². The molecule has 1 aliphatic heterocycles. The number of benzene rings is 1. The van der Waals surface area contributed by atoms with Crippen molar-refractivity contribution in [3.63, 3.8) is 0 Å². The van der Waals surface area contributed by atoms with E-state index in [1.54, 1.807) is 17.9 Å². The van der Waals surface area contributed by atoms with Gasteiger partial charge >= 0.3 is 17.8 Å². The van der Waals surface area contributed by atoms with Crippen LogP contribution in [0, 0.1) is 12.8 Å². The number of nitrogens with two attached hydrogens (primary N) is 1. The van der Waals surface area contributed by atoms with Crippen LogP contribution in [0.1, 0.15) is 63.4 Å². The van der Waals surface area contributed by atoms with E-state index < -0.39 is 17.4 Å². The van der Waals surface area contributed by atoms with Gasteiger partial charge in [0.15, 0.2) is 0 Å². The zero-order valence-corrected chi connectivity index (χ0v) is 20.6. The van der Waals surface area contributed by atoms with Crippen molar-refractivity contribution < 1.29 is 19.1 Å². The molecule has 1 aromatic heterocycles. The van der Waals surface area contributed by atoms with Gasteiger partial charge in [-0.25, -0.2) is 0 Å². The molecule has 0 bridgehead atoms. The first-order chi connectivity index (χ1) is 15.9. The molecular weight excluding hydrogens is 432 g/mol. The Labute approximate surface area is 200 Å². The minimum Gasteiger partial charge on any atom is -0.460 e. The zero-order chi connectivity index (χ0) is 25.0. The summed E-state index contributed by atoms with van der Waals surface area (Å²) in [5, 5.41) is 2.67. The Morgan fingerprint density at radius 3 is 2.47 bits per heavy atom. The average Bonchev–Trinajstić information content (AvgIpc) is 2.74. The lowest BCUT2D eigenvalue weighted by Gasteiger charge is -2.38. The molecule has 2 atom stereocenters. The highest BCUT2D eigenvalue weighted by Gasteiger charge is 2.34. The minimum atomic E-state index is -0.712. The van der Waals surface area contributed by atoms with Crippen molar-refractivity contribution in [1.82, 2.24) is 9.88 Å². The third-order valence-corrected chi connectivity index (χ3v) is 5.77. The first kappa shape index (κ1) is 25.2. The second-order valence-corrected chi connectivity index (χ2v) is 10.0. The monoisotopic (exact) mass is 466 g/mol. The van der Waals surface area contributed by atoms with Crippen LogP contribution >= 0.6 is 0 Å². The molecule has 1 saturated heterocycles. The normalized spacial score (nSPS) is 18.3. The highest BCUT2D eigenvalue weighted by Crippen LogP contribution is 2.33. The number of rotatable bonds is 4. The number of nitrogens with zero attached hydrogens (tertiary/aromatic N) is 2. The van der Waals surface area contributed by atoms with Gasteiger partial charge in [-0.05, 0) is 75.8 Å². The van der Waals surface area contributed by atoms with Gasteiger partial charge in [-0.1, -0.05) is 19.1 Å². The number of anilines is 2. The molecule has 34 heavy (non-hydrogen) atoms.